The summed E-state index contributed by atoms with van der Waals surface area (Å²) in [6, 6.07) is 4.97. The minimum absolute atomic E-state index is 0.126. The Morgan fingerprint density at radius 1 is 1.30 bits per heavy atom. The lowest BCUT2D eigenvalue weighted by Crippen LogP contribution is -2.33. The maximum atomic E-state index is 9.80. The fraction of sp³-hybridized carbons (Fsp3) is 0.571. The first kappa shape index (κ1) is 15.9. The van der Waals surface area contributed by atoms with E-state index in [1.165, 1.54) is 12.8 Å². The fourth-order valence-electron chi connectivity index (χ4n) is 2.10. The van der Waals surface area contributed by atoms with Crippen LogP contribution in [0.15, 0.2) is 18.2 Å². The maximum Gasteiger partial charge on any atom is 0.139 e. The minimum atomic E-state index is -0.675. The standard InChI is InChI=1S/C14H19Cl2NO3/c15-10-5-6-13(16)14(7-10)19-9-11(18)8-17-20-12-3-1-2-4-12/h5-7,11-12,17-18H,1-4,8-9H2. The summed E-state index contributed by atoms with van der Waals surface area (Å²) in [6.07, 6.45) is 4.18. The second-order valence-electron chi connectivity index (χ2n) is 4.91. The predicted molar refractivity (Wildman–Crippen MR) is 79.3 cm³/mol. The number of benzene rings is 1. The highest BCUT2D eigenvalue weighted by Gasteiger charge is 2.16. The summed E-state index contributed by atoms with van der Waals surface area (Å²) in [6.45, 7) is 0.440. The van der Waals surface area contributed by atoms with Crippen LogP contribution >= 0.6 is 23.2 Å². The number of hydroxylamine groups is 1. The van der Waals surface area contributed by atoms with E-state index >= 15 is 0 Å². The predicted octanol–water partition coefficient (Wildman–Crippen LogP) is 3.20. The van der Waals surface area contributed by atoms with Gasteiger partial charge < -0.3 is 9.84 Å². The van der Waals surface area contributed by atoms with Crippen LogP contribution in [-0.4, -0.2) is 30.5 Å². The van der Waals surface area contributed by atoms with E-state index in [-0.39, 0.29) is 12.7 Å². The summed E-state index contributed by atoms with van der Waals surface area (Å²) in [7, 11) is 0. The molecule has 20 heavy (non-hydrogen) atoms. The van der Waals surface area contributed by atoms with E-state index in [2.05, 4.69) is 5.48 Å². The second-order valence-corrected chi connectivity index (χ2v) is 5.76. The SMILES string of the molecule is OC(CNOC1CCCC1)COc1cc(Cl)ccc1Cl. The summed E-state index contributed by atoms with van der Waals surface area (Å²) in [5.41, 5.74) is 2.80. The molecule has 4 nitrogen and oxygen atoms in total. The topological polar surface area (TPSA) is 50.7 Å². The molecule has 0 aromatic heterocycles. The van der Waals surface area contributed by atoms with Crippen molar-refractivity contribution in [1.29, 1.82) is 0 Å². The summed E-state index contributed by atoms with van der Waals surface area (Å²) in [5.74, 6) is 0.468. The van der Waals surface area contributed by atoms with Gasteiger partial charge in [-0.15, -0.1) is 0 Å². The highest BCUT2D eigenvalue weighted by atomic mass is 35.5. The van der Waals surface area contributed by atoms with E-state index in [1.807, 2.05) is 0 Å². The molecular formula is C14H19Cl2NO3. The molecule has 112 valence electrons. The van der Waals surface area contributed by atoms with Crippen LogP contribution in [0, 0.1) is 0 Å². The van der Waals surface area contributed by atoms with Crippen molar-refractivity contribution >= 4 is 23.2 Å². The van der Waals surface area contributed by atoms with Crippen LogP contribution in [0.2, 0.25) is 10.0 Å². The van der Waals surface area contributed by atoms with Crippen molar-refractivity contribution in [2.45, 2.75) is 37.9 Å². The van der Waals surface area contributed by atoms with Gasteiger partial charge in [-0.05, 0) is 25.0 Å². The molecule has 1 aliphatic carbocycles. The first-order valence-corrected chi connectivity index (χ1v) is 7.55. The quantitative estimate of drug-likeness (QED) is 0.758. The lowest BCUT2D eigenvalue weighted by Gasteiger charge is -2.16. The monoisotopic (exact) mass is 319 g/mol. The normalized spacial score (nSPS) is 17.4. The molecule has 6 heteroatoms. The Labute approximate surface area is 128 Å². The number of hydrogen-bond acceptors (Lipinski definition) is 4. The first-order chi connectivity index (χ1) is 9.65. The van der Waals surface area contributed by atoms with Crippen LogP contribution < -0.4 is 10.2 Å². The second kappa shape index (κ2) is 8.05. The Bertz CT molecular complexity index is 425. The van der Waals surface area contributed by atoms with Crippen molar-refractivity contribution in [2.24, 2.45) is 0 Å². The van der Waals surface area contributed by atoms with Crippen LogP contribution in [0.3, 0.4) is 0 Å². The smallest absolute Gasteiger partial charge is 0.139 e. The molecule has 0 saturated heterocycles. The van der Waals surface area contributed by atoms with Crippen LogP contribution in [0.4, 0.5) is 0 Å². The Kier molecular flexibility index (Phi) is 6.39. The van der Waals surface area contributed by atoms with Crippen molar-refractivity contribution in [1.82, 2.24) is 5.48 Å². The molecule has 1 atom stereocenters. The zero-order chi connectivity index (χ0) is 14.4. The van der Waals surface area contributed by atoms with Crippen molar-refractivity contribution < 1.29 is 14.7 Å². The Morgan fingerprint density at radius 2 is 2.05 bits per heavy atom. The third-order valence-corrected chi connectivity index (χ3v) is 3.74. The summed E-state index contributed by atoms with van der Waals surface area (Å²) in [5, 5.41) is 10.8. The molecule has 0 bridgehead atoms. The molecule has 0 amide bonds. The van der Waals surface area contributed by atoms with Gasteiger partial charge in [0, 0.05) is 11.1 Å². The van der Waals surface area contributed by atoms with Gasteiger partial charge in [-0.25, -0.2) is 0 Å². The largest absolute Gasteiger partial charge is 0.489 e. The van der Waals surface area contributed by atoms with E-state index in [4.69, 9.17) is 32.8 Å². The Hall–Kier alpha value is -0.520. The highest BCUT2D eigenvalue weighted by molar-refractivity contribution is 6.34. The van der Waals surface area contributed by atoms with Gasteiger partial charge in [0.25, 0.3) is 0 Å². The minimum Gasteiger partial charge on any atom is -0.489 e. The van der Waals surface area contributed by atoms with E-state index < -0.39 is 6.10 Å². The zero-order valence-corrected chi connectivity index (χ0v) is 12.7. The molecule has 1 fully saturated rings. The van der Waals surface area contributed by atoms with Crippen LogP contribution in [0.5, 0.6) is 5.75 Å². The molecule has 0 spiro atoms. The van der Waals surface area contributed by atoms with Crippen LogP contribution in [-0.2, 0) is 4.84 Å². The number of rotatable bonds is 7. The molecule has 0 aliphatic heterocycles. The molecule has 0 radical (unpaired) electrons. The number of halogens is 2. The number of hydrogen-bond donors (Lipinski definition) is 2. The lowest BCUT2D eigenvalue weighted by molar-refractivity contribution is -0.0417. The summed E-state index contributed by atoms with van der Waals surface area (Å²) >= 11 is 11.8. The van der Waals surface area contributed by atoms with Crippen molar-refractivity contribution in [3.8, 4) is 5.75 Å². The van der Waals surface area contributed by atoms with E-state index in [0.29, 0.717) is 22.3 Å². The lowest BCUT2D eigenvalue weighted by atomic mass is 10.3. The molecular weight excluding hydrogens is 301 g/mol. The molecule has 1 saturated carbocycles. The Balaban J connectivity index is 1.66. The third-order valence-electron chi connectivity index (χ3n) is 3.20. The molecule has 2 rings (SSSR count). The van der Waals surface area contributed by atoms with Gasteiger partial charge in [-0.1, -0.05) is 36.0 Å². The molecule has 2 N–H and O–H groups in total. The van der Waals surface area contributed by atoms with Crippen LogP contribution in [0.1, 0.15) is 25.7 Å². The fourth-order valence-corrected chi connectivity index (χ4v) is 2.44. The number of ether oxygens (including phenoxy) is 1. The molecule has 1 unspecified atom stereocenters. The van der Waals surface area contributed by atoms with E-state index in [9.17, 15) is 5.11 Å². The van der Waals surface area contributed by atoms with E-state index in [0.717, 1.165) is 12.8 Å². The van der Waals surface area contributed by atoms with Gasteiger partial charge >= 0.3 is 0 Å². The molecule has 1 aromatic carbocycles. The molecule has 1 aromatic rings. The van der Waals surface area contributed by atoms with Gasteiger partial charge in [0.1, 0.15) is 18.5 Å². The maximum absolute atomic E-state index is 9.80. The first-order valence-electron chi connectivity index (χ1n) is 6.79. The molecule has 0 heterocycles. The zero-order valence-electron chi connectivity index (χ0n) is 11.1. The molecule has 1 aliphatic rings. The van der Waals surface area contributed by atoms with Crippen LogP contribution in [0.25, 0.3) is 0 Å². The van der Waals surface area contributed by atoms with Crippen molar-refractivity contribution in [3.05, 3.63) is 28.2 Å². The van der Waals surface area contributed by atoms with Crippen molar-refractivity contribution in [2.75, 3.05) is 13.2 Å². The number of aliphatic hydroxyl groups is 1. The van der Waals surface area contributed by atoms with Gasteiger partial charge in [-0.3, -0.25) is 4.84 Å². The van der Waals surface area contributed by atoms with Gasteiger partial charge in [-0.2, -0.15) is 5.48 Å². The average molecular weight is 320 g/mol. The summed E-state index contributed by atoms with van der Waals surface area (Å²) < 4.78 is 5.44. The Morgan fingerprint density at radius 3 is 2.80 bits per heavy atom. The highest BCUT2D eigenvalue weighted by Crippen LogP contribution is 2.27. The third kappa shape index (κ3) is 5.11. The van der Waals surface area contributed by atoms with Gasteiger partial charge in [0.2, 0.25) is 0 Å². The van der Waals surface area contributed by atoms with Gasteiger partial charge in [0.15, 0.2) is 0 Å². The number of aliphatic hydroxyl groups excluding tert-OH is 1. The number of nitrogens with one attached hydrogen (secondary N) is 1. The van der Waals surface area contributed by atoms with Gasteiger partial charge in [0.05, 0.1) is 17.7 Å². The average Bonchev–Trinajstić information content (AvgIpc) is 2.93. The van der Waals surface area contributed by atoms with Crippen molar-refractivity contribution in [3.63, 3.8) is 0 Å². The summed E-state index contributed by atoms with van der Waals surface area (Å²) in [4.78, 5) is 5.46. The van der Waals surface area contributed by atoms with E-state index in [1.54, 1.807) is 18.2 Å².